The van der Waals surface area contributed by atoms with Crippen molar-refractivity contribution in [2.75, 3.05) is 12.4 Å². The second-order valence-corrected chi connectivity index (χ2v) is 6.60. The molecule has 0 radical (unpaired) electrons. The Morgan fingerprint density at radius 2 is 2.00 bits per heavy atom. The zero-order chi connectivity index (χ0) is 16.3. The molecule has 1 aromatic carbocycles. The van der Waals surface area contributed by atoms with Crippen LogP contribution in [0.1, 0.15) is 31.9 Å². The van der Waals surface area contributed by atoms with Crippen LogP contribution in [0.5, 0.6) is 0 Å². The Balaban J connectivity index is 2.09. The van der Waals surface area contributed by atoms with Gasteiger partial charge in [-0.15, -0.1) is 0 Å². The number of hydrogen-bond donors (Lipinski definition) is 1. The summed E-state index contributed by atoms with van der Waals surface area (Å²) < 4.78 is 1.73. The SMILES string of the molecule is CN(Cc1cnn(C)c1)C(=O)Nc1ccccc1C(C)(C)C. The molecule has 2 rings (SSSR count). The summed E-state index contributed by atoms with van der Waals surface area (Å²) in [4.78, 5) is 14.0. The van der Waals surface area contributed by atoms with Crippen LogP contribution < -0.4 is 5.32 Å². The summed E-state index contributed by atoms with van der Waals surface area (Å²) in [5.41, 5.74) is 2.96. The summed E-state index contributed by atoms with van der Waals surface area (Å²) in [7, 11) is 3.64. The maximum Gasteiger partial charge on any atom is 0.321 e. The van der Waals surface area contributed by atoms with Gasteiger partial charge in [0.25, 0.3) is 0 Å². The third-order valence-corrected chi connectivity index (χ3v) is 3.50. The maximum atomic E-state index is 12.4. The Hall–Kier alpha value is -2.30. The van der Waals surface area contributed by atoms with Crippen molar-refractivity contribution in [2.45, 2.75) is 32.7 Å². The van der Waals surface area contributed by atoms with E-state index in [0.717, 1.165) is 16.8 Å². The Morgan fingerprint density at radius 3 is 2.59 bits per heavy atom. The standard InChI is InChI=1S/C17H24N4O/c1-17(2,3)14-8-6-7-9-15(14)19-16(22)20(4)11-13-10-18-21(5)12-13/h6-10,12H,11H2,1-5H3,(H,19,22). The average Bonchev–Trinajstić information content (AvgIpc) is 2.83. The molecule has 0 spiro atoms. The van der Waals surface area contributed by atoms with Crippen molar-refractivity contribution < 1.29 is 4.79 Å². The van der Waals surface area contributed by atoms with Crippen molar-refractivity contribution in [1.29, 1.82) is 0 Å². The van der Waals surface area contributed by atoms with Crippen molar-refractivity contribution in [2.24, 2.45) is 7.05 Å². The molecule has 0 saturated heterocycles. The molecule has 1 aromatic heterocycles. The van der Waals surface area contributed by atoms with E-state index in [1.807, 2.05) is 31.4 Å². The first-order valence-electron chi connectivity index (χ1n) is 7.36. The summed E-state index contributed by atoms with van der Waals surface area (Å²) >= 11 is 0. The van der Waals surface area contributed by atoms with Gasteiger partial charge in [-0.3, -0.25) is 4.68 Å². The Kier molecular flexibility index (Phi) is 4.54. The van der Waals surface area contributed by atoms with Crippen LogP contribution in [0, 0.1) is 0 Å². The summed E-state index contributed by atoms with van der Waals surface area (Å²) in [5, 5.41) is 7.12. The number of aromatic nitrogens is 2. The van der Waals surface area contributed by atoms with Gasteiger partial charge in [0.1, 0.15) is 0 Å². The van der Waals surface area contributed by atoms with Crippen LogP contribution in [0.4, 0.5) is 10.5 Å². The molecule has 5 nitrogen and oxygen atoms in total. The van der Waals surface area contributed by atoms with Crippen LogP contribution in [-0.4, -0.2) is 27.8 Å². The van der Waals surface area contributed by atoms with E-state index in [4.69, 9.17) is 0 Å². The molecular formula is C17H24N4O. The molecule has 1 heterocycles. The number of aryl methyl sites for hydroxylation is 1. The summed E-state index contributed by atoms with van der Waals surface area (Å²) in [5.74, 6) is 0. The number of rotatable bonds is 3. The molecule has 0 bridgehead atoms. The van der Waals surface area contributed by atoms with E-state index in [1.165, 1.54) is 0 Å². The first kappa shape index (κ1) is 16.1. The highest BCUT2D eigenvalue weighted by Gasteiger charge is 2.19. The maximum absolute atomic E-state index is 12.4. The number of nitrogens with zero attached hydrogens (tertiary/aromatic N) is 3. The lowest BCUT2D eigenvalue weighted by atomic mass is 9.86. The molecule has 118 valence electrons. The summed E-state index contributed by atoms with van der Waals surface area (Å²) in [6.07, 6.45) is 3.68. The van der Waals surface area contributed by atoms with E-state index in [-0.39, 0.29) is 11.4 Å². The number of anilines is 1. The lowest BCUT2D eigenvalue weighted by molar-refractivity contribution is 0.220. The van der Waals surface area contributed by atoms with Gasteiger partial charge >= 0.3 is 6.03 Å². The van der Waals surface area contributed by atoms with Crippen LogP contribution in [-0.2, 0) is 19.0 Å². The highest BCUT2D eigenvalue weighted by Crippen LogP contribution is 2.29. The van der Waals surface area contributed by atoms with E-state index in [0.29, 0.717) is 6.54 Å². The molecule has 0 atom stereocenters. The fraction of sp³-hybridized carbons (Fsp3) is 0.412. The average molecular weight is 300 g/mol. The molecule has 0 aliphatic rings. The minimum absolute atomic E-state index is 0.0220. The van der Waals surface area contributed by atoms with Crippen LogP contribution >= 0.6 is 0 Å². The van der Waals surface area contributed by atoms with Crippen LogP contribution in [0.15, 0.2) is 36.7 Å². The quantitative estimate of drug-likeness (QED) is 0.944. The number of benzene rings is 1. The van der Waals surface area contributed by atoms with E-state index in [1.54, 1.807) is 22.8 Å². The number of amides is 2. The minimum atomic E-state index is -0.124. The molecule has 2 amide bonds. The molecule has 2 aromatic rings. The lowest BCUT2D eigenvalue weighted by Gasteiger charge is -2.24. The number of para-hydroxylation sites is 1. The van der Waals surface area contributed by atoms with E-state index < -0.39 is 0 Å². The van der Waals surface area contributed by atoms with Gasteiger partial charge in [-0.2, -0.15) is 5.10 Å². The molecule has 0 fully saturated rings. The highest BCUT2D eigenvalue weighted by atomic mass is 16.2. The van der Waals surface area contributed by atoms with Crippen molar-refractivity contribution in [1.82, 2.24) is 14.7 Å². The van der Waals surface area contributed by atoms with Crippen LogP contribution in [0.3, 0.4) is 0 Å². The predicted octanol–water partition coefficient (Wildman–Crippen LogP) is 3.38. The van der Waals surface area contributed by atoms with Gasteiger partial charge in [-0.25, -0.2) is 4.79 Å². The third kappa shape index (κ3) is 3.87. The first-order chi connectivity index (χ1) is 10.3. The molecule has 0 saturated carbocycles. The minimum Gasteiger partial charge on any atom is -0.323 e. The predicted molar refractivity (Wildman–Crippen MR) is 88.8 cm³/mol. The monoisotopic (exact) mass is 300 g/mol. The summed E-state index contributed by atoms with van der Waals surface area (Å²) in [6, 6.07) is 7.80. The zero-order valence-electron chi connectivity index (χ0n) is 13.9. The van der Waals surface area contributed by atoms with Gasteiger partial charge in [-0.05, 0) is 17.0 Å². The van der Waals surface area contributed by atoms with Crippen molar-refractivity contribution >= 4 is 11.7 Å². The molecule has 5 heteroatoms. The number of carbonyl (C=O) groups excluding carboxylic acids is 1. The molecule has 0 aliphatic heterocycles. The second-order valence-electron chi connectivity index (χ2n) is 6.60. The Bertz CT molecular complexity index is 655. The number of carbonyl (C=O) groups is 1. The van der Waals surface area contributed by atoms with Crippen molar-refractivity contribution in [3.8, 4) is 0 Å². The fourth-order valence-electron chi connectivity index (χ4n) is 2.36. The smallest absolute Gasteiger partial charge is 0.321 e. The van der Waals surface area contributed by atoms with Crippen molar-refractivity contribution in [3.05, 3.63) is 47.8 Å². The number of hydrogen-bond acceptors (Lipinski definition) is 2. The van der Waals surface area contributed by atoms with E-state index in [2.05, 4.69) is 37.3 Å². The van der Waals surface area contributed by atoms with Gasteiger partial charge in [0, 0.05) is 31.5 Å². The topological polar surface area (TPSA) is 50.2 Å². The Morgan fingerprint density at radius 1 is 1.32 bits per heavy atom. The van der Waals surface area contributed by atoms with Gasteiger partial charge < -0.3 is 10.2 Å². The Labute approximate surface area is 131 Å². The molecule has 22 heavy (non-hydrogen) atoms. The zero-order valence-corrected chi connectivity index (χ0v) is 13.9. The van der Waals surface area contributed by atoms with Crippen molar-refractivity contribution in [3.63, 3.8) is 0 Å². The highest BCUT2D eigenvalue weighted by molar-refractivity contribution is 5.90. The lowest BCUT2D eigenvalue weighted by Crippen LogP contribution is -2.31. The normalized spacial score (nSPS) is 11.3. The molecule has 0 unspecified atom stereocenters. The molecular weight excluding hydrogens is 276 g/mol. The molecule has 1 N–H and O–H groups in total. The number of nitrogens with one attached hydrogen (secondary N) is 1. The van der Waals surface area contributed by atoms with Gasteiger partial charge in [-0.1, -0.05) is 39.0 Å². The first-order valence-corrected chi connectivity index (χ1v) is 7.36. The number of urea groups is 1. The van der Waals surface area contributed by atoms with Crippen LogP contribution in [0.25, 0.3) is 0 Å². The van der Waals surface area contributed by atoms with Gasteiger partial charge in [0.15, 0.2) is 0 Å². The molecule has 0 aliphatic carbocycles. The van der Waals surface area contributed by atoms with Gasteiger partial charge in [0.05, 0.1) is 12.7 Å². The second kappa shape index (κ2) is 6.22. The fourth-order valence-corrected chi connectivity index (χ4v) is 2.36. The van der Waals surface area contributed by atoms with Gasteiger partial charge in [0.2, 0.25) is 0 Å². The van der Waals surface area contributed by atoms with Crippen LogP contribution in [0.2, 0.25) is 0 Å². The van der Waals surface area contributed by atoms with E-state index in [9.17, 15) is 4.79 Å². The van der Waals surface area contributed by atoms with E-state index >= 15 is 0 Å². The summed E-state index contributed by atoms with van der Waals surface area (Å²) in [6.45, 7) is 6.93. The largest absolute Gasteiger partial charge is 0.323 e. The third-order valence-electron chi connectivity index (χ3n) is 3.50.